The zero-order valence-electron chi connectivity index (χ0n) is 19.5. The molecule has 0 radical (unpaired) electrons. The maximum Gasteiger partial charge on any atom is 0.228 e. The summed E-state index contributed by atoms with van der Waals surface area (Å²) < 4.78 is 11.6. The third-order valence-electron chi connectivity index (χ3n) is 5.18. The van der Waals surface area contributed by atoms with E-state index in [1.165, 1.54) is 6.92 Å². The first-order chi connectivity index (χ1) is 16.2. The first-order valence-electron chi connectivity index (χ1n) is 11.0. The zero-order chi connectivity index (χ0) is 24.8. The second-order valence-corrected chi connectivity index (χ2v) is 9.18. The van der Waals surface area contributed by atoms with Crippen LogP contribution in [0.1, 0.15) is 60.5 Å². The quantitative estimate of drug-likeness (QED) is 0.204. The van der Waals surface area contributed by atoms with Crippen molar-refractivity contribution in [2.24, 2.45) is 0 Å². The van der Waals surface area contributed by atoms with E-state index in [0.29, 0.717) is 45.7 Å². The number of hydrogen-bond donors (Lipinski definition) is 0. The fraction of sp³-hybridized carbons (Fsp3) is 0.296. The summed E-state index contributed by atoms with van der Waals surface area (Å²) >= 11 is 12.3. The van der Waals surface area contributed by atoms with Crippen LogP contribution in [0, 0.1) is 0 Å². The summed E-state index contributed by atoms with van der Waals surface area (Å²) in [5.74, 6) is 1.72. The molecule has 0 bridgehead atoms. The number of ether oxygens (including phenoxy) is 1. The van der Waals surface area contributed by atoms with Gasteiger partial charge in [0.15, 0.2) is 11.6 Å². The third kappa shape index (κ3) is 6.37. The van der Waals surface area contributed by atoms with Gasteiger partial charge in [0.25, 0.3) is 0 Å². The minimum absolute atomic E-state index is 0.0124. The van der Waals surface area contributed by atoms with Gasteiger partial charge >= 0.3 is 0 Å². The number of halogens is 2. The van der Waals surface area contributed by atoms with Crippen LogP contribution in [-0.2, 0) is 17.6 Å². The highest BCUT2D eigenvalue weighted by molar-refractivity contribution is 6.36. The summed E-state index contributed by atoms with van der Waals surface area (Å²) in [7, 11) is 0. The molecule has 0 aliphatic heterocycles. The lowest BCUT2D eigenvalue weighted by atomic mass is 9.99. The van der Waals surface area contributed by atoms with Crippen LogP contribution < -0.4 is 4.74 Å². The number of ketones is 2. The molecule has 0 spiro atoms. The lowest BCUT2D eigenvalue weighted by molar-refractivity contribution is -0.118. The molecule has 7 heteroatoms. The SMILES string of the molecule is C=CCc1cc(C(=O)CCc2nc(-c3ccc(Cl)cc3Cl)oc2C(C)C)ccc1OCC(C)=O. The molecule has 1 aromatic heterocycles. The highest BCUT2D eigenvalue weighted by Gasteiger charge is 2.20. The van der Waals surface area contributed by atoms with E-state index >= 15 is 0 Å². The van der Waals surface area contributed by atoms with Crippen LogP contribution in [0.3, 0.4) is 0 Å². The molecule has 0 unspecified atom stereocenters. The predicted octanol–water partition coefficient (Wildman–Crippen LogP) is 7.28. The van der Waals surface area contributed by atoms with E-state index < -0.39 is 0 Å². The Balaban J connectivity index is 1.80. The Bertz CT molecular complexity index is 1210. The largest absolute Gasteiger partial charge is 0.486 e. The molecule has 5 nitrogen and oxygen atoms in total. The highest BCUT2D eigenvalue weighted by Crippen LogP contribution is 2.33. The number of carbonyl (C=O) groups is 2. The molecule has 0 aliphatic rings. The summed E-state index contributed by atoms with van der Waals surface area (Å²) in [5, 5.41) is 0.984. The summed E-state index contributed by atoms with van der Waals surface area (Å²) in [4.78, 5) is 28.9. The predicted molar refractivity (Wildman–Crippen MR) is 135 cm³/mol. The number of aryl methyl sites for hydroxylation is 1. The number of carbonyl (C=O) groups excluding carboxylic acids is 2. The molecule has 0 amide bonds. The number of hydrogen-bond acceptors (Lipinski definition) is 5. The summed E-state index contributed by atoms with van der Waals surface area (Å²) in [6.45, 7) is 9.25. The van der Waals surface area contributed by atoms with Gasteiger partial charge in [-0.1, -0.05) is 43.1 Å². The molecule has 3 aromatic rings. The molecule has 0 saturated carbocycles. The minimum Gasteiger partial charge on any atom is -0.486 e. The number of oxazole rings is 1. The van der Waals surface area contributed by atoms with E-state index in [0.717, 1.165) is 17.0 Å². The topological polar surface area (TPSA) is 69.4 Å². The molecule has 0 N–H and O–H groups in total. The molecule has 3 rings (SSSR count). The summed E-state index contributed by atoms with van der Waals surface area (Å²) in [6, 6.07) is 10.4. The van der Waals surface area contributed by atoms with Crippen LogP contribution in [0.25, 0.3) is 11.5 Å². The maximum atomic E-state index is 13.0. The van der Waals surface area contributed by atoms with Crippen molar-refractivity contribution in [2.45, 2.75) is 46.0 Å². The molecule has 0 fully saturated rings. The standard InChI is InChI=1S/C27H27Cl2NO4/c1-5-6-19-13-18(7-12-25(19)33-15-17(4)31)24(32)11-10-23-26(16(2)3)34-27(30-23)21-9-8-20(28)14-22(21)29/h5,7-9,12-14,16H,1,6,10-11,15H2,2-4H3. The van der Waals surface area contributed by atoms with Gasteiger partial charge in [-0.3, -0.25) is 9.59 Å². The van der Waals surface area contributed by atoms with Crippen LogP contribution in [0.2, 0.25) is 10.0 Å². The smallest absolute Gasteiger partial charge is 0.228 e. The number of Topliss-reactive ketones (excluding diaryl/α,β-unsaturated/α-hetero) is 2. The van der Waals surface area contributed by atoms with Gasteiger partial charge in [-0.2, -0.15) is 0 Å². The van der Waals surface area contributed by atoms with Crippen molar-refractivity contribution in [1.29, 1.82) is 0 Å². The maximum absolute atomic E-state index is 13.0. The van der Waals surface area contributed by atoms with Crippen molar-refractivity contribution in [3.8, 4) is 17.2 Å². The molecule has 34 heavy (non-hydrogen) atoms. The second-order valence-electron chi connectivity index (χ2n) is 8.34. The number of aromatic nitrogens is 1. The van der Waals surface area contributed by atoms with Crippen LogP contribution in [0.5, 0.6) is 5.75 Å². The average molecular weight is 500 g/mol. The Kier molecular flexibility index (Phi) is 8.70. The van der Waals surface area contributed by atoms with Gasteiger partial charge in [0, 0.05) is 29.3 Å². The number of nitrogens with zero attached hydrogens (tertiary/aromatic N) is 1. The van der Waals surface area contributed by atoms with Crippen LogP contribution in [0.15, 0.2) is 53.5 Å². The van der Waals surface area contributed by atoms with E-state index in [2.05, 4.69) is 11.6 Å². The first kappa shape index (κ1) is 25.7. The van der Waals surface area contributed by atoms with Crippen molar-refractivity contribution in [1.82, 2.24) is 4.98 Å². The monoisotopic (exact) mass is 499 g/mol. The van der Waals surface area contributed by atoms with Gasteiger partial charge in [0.1, 0.15) is 18.1 Å². The van der Waals surface area contributed by atoms with E-state index in [1.54, 1.807) is 42.5 Å². The molecule has 0 aliphatic carbocycles. The third-order valence-corrected chi connectivity index (χ3v) is 5.73. The van der Waals surface area contributed by atoms with Gasteiger partial charge in [0.05, 0.1) is 16.3 Å². The molecular weight excluding hydrogens is 473 g/mol. The van der Waals surface area contributed by atoms with Crippen molar-refractivity contribution >= 4 is 34.8 Å². The van der Waals surface area contributed by atoms with Gasteiger partial charge in [-0.25, -0.2) is 4.98 Å². The van der Waals surface area contributed by atoms with E-state index in [-0.39, 0.29) is 30.5 Å². The Hall–Kier alpha value is -2.89. The molecule has 178 valence electrons. The molecule has 1 heterocycles. The Labute approximate surface area is 209 Å². The van der Waals surface area contributed by atoms with E-state index in [4.69, 9.17) is 32.4 Å². The Morgan fingerprint density at radius 1 is 1.18 bits per heavy atom. The van der Waals surface area contributed by atoms with E-state index in [9.17, 15) is 9.59 Å². The van der Waals surface area contributed by atoms with Crippen molar-refractivity contribution < 1.29 is 18.7 Å². The molecular formula is C27H27Cl2NO4. The number of allylic oxidation sites excluding steroid dienone is 1. The van der Waals surface area contributed by atoms with Crippen molar-refractivity contribution in [2.75, 3.05) is 6.61 Å². The Morgan fingerprint density at radius 3 is 2.59 bits per heavy atom. The minimum atomic E-state index is -0.0717. The number of rotatable bonds is 11. The van der Waals surface area contributed by atoms with E-state index in [1.807, 2.05) is 13.8 Å². The first-order valence-corrected chi connectivity index (χ1v) is 11.8. The normalized spacial score (nSPS) is 11.0. The van der Waals surface area contributed by atoms with Gasteiger partial charge < -0.3 is 9.15 Å². The van der Waals surface area contributed by atoms with Crippen LogP contribution in [0.4, 0.5) is 0 Å². The van der Waals surface area contributed by atoms with Gasteiger partial charge in [0.2, 0.25) is 5.89 Å². The van der Waals surface area contributed by atoms with Crippen molar-refractivity contribution in [3.63, 3.8) is 0 Å². The van der Waals surface area contributed by atoms with Crippen molar-refractivity contribution in [3.05, 3.63) is 81.7 Å². The van der Waals surface area contributed by atoms with Crippen LogP contribution in [-0.4, -0.2) is 23.2 Å². The average Bonchev–Trinajstić information content (AvgIpc) is 3.21. The molecule has 0 atom stereocenters. The summed E-state index contributed by atoms with van der Waals surface area (Å²) in [6.07, 6.45) is 2.96. The number of benzene rings is 2. The lowest BCUT2D eigenvalue weighted by Crippen LogP contribution is -2.09. The Morgan fingerprint density at radius 2 is 1.94 bits per heavy atom. The molecule has 2 aromatic carbocycles. The summed E-state index contributed by atoms with van der Waals surface area (Å²) in [5.41, 5.74) is 2.77. The van der Waals surface area contributed by atoms with Gasteiger partial charge in [-0.05, 0) is 55.3 Å². The second kappa shape index (κ2) is 11.5. The highest BCUT2D eigenvalue weighted by atomic mass is 35.5. The van der Waals surface area contributed by atoms with Gasteiger partial charge in [-0.15, -0.1) is 6.58 Å². The molecule has 0 saturated heterocycles. The fourth-order valence-electron chi connectivity index (χ4n) is 3.54. The zero-order valence-corrected chi connectivity index (χ0v) is 21.0. The lowest BCUT2D eigenvalue weighted by Gasteiger charge is -2.11. The fourth-order valence-corrected chi connectivity index (χ4v) is 4.03. The van der Waals surface area contributed by atoms with Crippen LogP contribution >= 0.6 is 23.2 Å².